The van der Waals surface area contributed by atoms with E-state index in [0.29, 0.717) is 12.8 Å². The number of hydrogen-bond donors (Lipinski definition) is 4. The number of aliphatic imine (C=N–C) groups is 1. The predicted octanol–water partition coefficient (Wildman–Crippen LogP) is 1.53. The summed E-state index contributed by atoms with van der Waals surface area (Å²) in [5.74, 6) is -1.75. The number of Topliss-reactive ketones (excluding diaryl/α,β-unsaturated/α-hetero) is 1. The Kier molecular flexibility index (Phi) is 11.0. The van der Waals surface area contributed by atoms with Crippen LogP contribution in [-0.4, -0.2) is 34.9 Å². The van der Waals surface area contributed by atoms with Gasteiger partial charge in [0.15, 0.2) is 17.3 Å². The number of unbranched alkanes of at least 4 members (excludes halogenated alkanes) is 6. The SMILES string of the molecule is CCCCCCCCCC(=O)[C@](N)(CCCN=C(N)N)C(=O)O. The minimum absolute atomic E-state index is 0.0362. The van der Waals surface area contributed by atoms with Gasteiger partial charge in [-0.25, -0.2) is 4.79 Å². The first kappa shape index (κ1) is 21.4. The second-order valence-corrected chi connectivity index (χ2v) is 5.98. The van der Waals surface area contributed by atoms with Crippen LogP contribution in [-0.2, 0) is 9.59 Å². The quantitative estimate of drug-likeness (QED) is 0.165. The van der Waals surface area contributed by atoms with Gasteiger partial charge in [0.1, 0.15) is 0 Å². The molecule has 0 aromatic heterocycles. The smallest absolute Gasteiger partial charge is 0.331 e. The fourth-order valence-electron chi connectivity index (χ4n) is 2.40. The molecule has 0 aliphatic rings. The Balaban J connectivity index is 4.18. The average molecular weight is 328 g/mol. The Hall–Kier alpha value is -1.63. The van der Waals surface area contributed by atoms with Crippen LogP contribution in [0.25, 0.3) is 0 Å². The van der Waals surface area contributed by atoms with Crippen LogP contribution in [0.5, 0.6) is 0 Å². The molecule has 0 heterocycles. The number of ketones is 1. The fraction of sp³-hybridized carbons (Fsp3) is 0.812. The van der Waals surface area contributed by atoms with Crippen molar-refractivity contribution in [3.05, 3.63) is 0 Å². The number of guanidine groups is 1. The lowest BCUT2D eigenvalue weighted by Crippen LogP contribution is -2.55. The number of carboxylic acids is 1. The van der Waals surface area contributed by atoms with Crippen LogP contribution in [0.1, 0.15) is 71.1 Å². The van der Waals surface area contributed by atoms with Crippen molar-refractivity contribution in [2.75, 3.05) is 6.54 Å². The zero-order valence-electron chi connectivity index (χ0n) is 14.2. The second kappa shape index (κ2) is 11.9. The Morgan fingerprint density at radius 2 is 1.57 bits per heavy atom. The van der Waals surface area contributed by atoms with E-state index in [0.717, 1.165) is 19.3 Å². The van der Waals surface area contributed by atoms with Crippen LogP contribution >= 0.6 is 0 Å². The molecule has 134 valence electrons. The highest BCUT2D eigenvalue weighted by Crippen LogP contribution is 2.17. The number of carbonyl (C=O) groups excluding carboxylic acids is 1. The number of aliphatic carboxylic acids is 1. The maximum Gasteiger partial charge on any atom is 0.331 e. The highest BCUT2D eigenvalue weighted by Gasteiger charge is 2.40. The number of nitrogens with zero attached hydrogens (tertiary/aromatic N) is 1. The molecule has 0 rings (SSSR count). The third kappa shape index (κ3) is 9.18. The summed E-state index contributed by atoms with van der Waals surface area (Å²) in [6, 6.07) is 0. The van der Waals surface area contributed by atoms with Crippen LogP contribution in [0, 0.1) is 0 Å². The van der Waals surface area contributed by atoms with Gasteiger partial charge in [0.25, 0.3) is 0 Å². The fourth-order valence-corrected chi connectivity index (χ4v) is 2.40. The maximum atomic E-state index is 12.2. The topological polar surface area (TPSA) is 145 Å². The lowest BCUT2D eigenvalue weighted by molar-refractivity contribution is -0.148. The summed E-state index contributed by atoms with van der Waals surface area (Å²) >= 11 is 0. The molecule has 0 radical (unpaired) electrons. The molecule has 1 atom stereocenters. The molecule has 7 nitrogen and oxygen atoms in total. The largest absolute Gasteiger partial charge is 0.480 e. The molecule has 0 spiro atoms. The Labute approximate surface area is 138 Å². The molecule has 7 heteroatoms. The van der Waals surface area contributed by atoms with E-state index >= 15 is 0 Å². The first-order valence-electron chi connectivity index (χ1n) is 8.45. The second-order valence-electron chi connectivity index (χ2n) is 5.98. The van der Waals surface area contributed by atoms with Crippen molar-refractivity contribution >= 4 is 17.7 Å². The molecule has 0 aromatic carbocycles. The molecule has 7 N–H and O–H groups in total. The van der Waals surface area contributed by atoms with Crippen molar-refractivity contribution in [2.24, 2.45) is 22.2 Å². The van der Waals surface area contributed by atoms with Gasteiger partial charge in [-0.05, 0) is 19.3 Å². The highest BCUT2D eigenvalue weighted by molar-refractivity contribution is 6.07. The number of carboxylic acid groups (broad SMARTS) is 1. The van der Waals surface area contributed by atoms with Gasteiger partial charge in [0.2, 0.25) is 0 Å². The van der Waals surface area contributed by atoms with Gasteiger partial charge in [-0.15, -0.1) is 0 Å². The highest BCUT2D eigenvalue weighted by atomic mass is 16.4. The van der Waals surface area contributed by atoms with Crippen molar-refractivity contribution in [3.8, 4) is 0 Å². The minimum atomic E-state index is -1.83. The van der Waals surface area contributed by atoms with Crippen molar-refractivity contribution in [3.63, 3.8) is 0 Å². The summed E-state index contributed by atoms with van der Waals surface area (Å²) in [5, 5.41) is 9.28. The van der Waals surface area contributed by atoms with Gasteiger partial charge in [-0.1, -0.05) is 45.4 Å². The van der Waals surface area contributed by atoms with Gasteiger partial charge in [-0.3, -0.25) is 9.79 Å². The van der Waals surface area contributed by atoms with E-state index in [9.17, 15) is 14.7 Å². The van der Waals surface area contributed by atoms with Gasteiger partial charge in [0.05, 0.1) is 0 Å². The van der Waals surface area contributed by atoms with Crippen LogP contribution in [0.15, 0.2) is 4.99 Å². The van der Waals surface area contributed by atoms with Crippen molar-refractivity contribution < 1.29 is 14.7 Å². The zero-order chi connectivity index (χ0) is 17.7. The van der Waals surface area contributed by atoms with E-state index in [-0.39, 0.29) is 25.3 Å². The van der Waals surface area contributed by atoms with E-state index in [2.05, 4.69) is 11.9 Å². The molecular weight excluding hydrogens is 296 g/mol. The third-order valence-corrected chi connectivity index (χ3v) is 3.91. The average Bonchev–Trinajstić information content (AvgIpc) is 2.49. The molecular formula is C16H32N4O3. The maximum absolute atomic E-state index is 12.2. The van der Waals surface area contributed by atoms with Crippen LogP contribution in [0.4, 0.5) is 0 Å². The normalized spacial score (nSPS) is 13.3. The standard InChI is InChI=1S/C16H32N4O3/c1-2-3-4-5-6-7-8-10-13(21)16(19,14(22)23)11-9-12-20-15(17)18/h2-12,19H2,1H3,(H,22,23)(H4,17,18,20)/t16-/m1/s1. The number of rotatable bonds is 14. The molecule has 23 heavy (non-hydrogen) atoms. The van der Waals surface area contributed by atoms with Crippen molar-refractivity contribution in [1.82, 2.24) is 0 Å². The number of carbonyl (C=O) groups is 2. The minimum Gasteiger partial charge on any atom is -0.480 e. The zero-order valence-corrected chi connectivity index (χ0v) is 14.2. The van der Waals surface area contributed by atoms with E-state index in [4.69, 9.17) is 17.2 Å². The summed E-state index contributed by atoms with van der Waals surface area (Å²) in [6.07, 6.45) is 8.09. The molecule has 0 amide bonds. The molecule has 0 aromatic rings. The Bertz CT molecular complexity index is 395. The molecule has 0 fully saturated rings. The van der Waals surface area contributed by atoms with Gasteiger partial charge >= 0.3 is 5.97 Å². The van der Waals surface area contributed by atoms with E-state index in [1.165, 1.54) is 19.3 Å². The summed E-state index contributed by atoms with van der Waals surface area (Å²) in [5.41, 5.74) is 14.4. The summed E-state index contributed by atoms with van der Waals surface area (Å²) in [4.78, 5) is 27.3. The molecule has 0 saturated heterocycles. The third-order valence-electron chi connectivity index (χ3n) is 3.91. The molecule has 0 aliphatic carbocycles. The number of nitrogens with two attached hydrogens (primary N) is 3. The monoisotopic (exact) mass is 328 g/mol. The number of hydrogen-bond acceptors (Lipinski definition) is 4. The lowest BCUT2D eigenvalue weighted by Gasteiger charge is -2.23. The van der Waals surface area contributed by atoms with E-state index in [1.807, 2.05) is 0 Å². The molecule has 0 saturated carbocycles. The Morgan fingerprint density at radius 1 is 1.00 bits per heavy atom. The molecule has 0 aliphatic heterocycles. The van der Waals surface area contributed by atoms with Gasteiger partial charge < -0.3 is 22.3 Å². The predicted molar refractivity (Wildman–Crippen MR) is 92.1 cm³/mol. The molecule has 0 unspecified atom stereocenters. The van der Waals surface area contributed by atoms with E-state index < -0.39 is 17.3 Å². The van der Waals surface area contributed by atoms with E-state index in [1.54, 1.807) is 0 Å². The van der Waals surface area contributed by atoms with Crippen LogP contribution in [0.3, 0.4) is 0 Å². The summed E-state index contributed by atoms with van der Waals surface area (Å²) in [6.45, 7) is 2.43. The van der Waals surface area contributed by atoms with Crippen molar-refractivity contribution in [1.29, 1.82) is 0 Å². The Morgan fingerprint density at radius 3 is 2.09 bits per heavy atom. The lowest BCUT2D eigenvalue weighted by atomic mass is 9.87. The first-order valence-corrected chi connectivity index (χ1v) is 8.45. The van der Waals surface area contributed by atoms with Gasteiger partial charge in [-0.2, -0.15) is 0 Å². The van der Waals surface area contributed by atoms with Gasteiger partial charge in [0, 0.05) is 13.0 Å². The van der Waals surface area contributed by atoms with Crippen LogP contribution < -0.4 is 17.2 Å². The van der Waals surface area contributed by atoms with Crippen molar-refractivity contribution in [2.45, 2.75) is 76.7 Å². The first-order chi connectivity index (χ1) is 10.8. The summed E-state index contributed by atoms with van der Waals surface area (Å²) < 4.78 is 0. The van der Waals surface area contributed by atoms with Crippen LogP contribution in [0.2, 0.25) is 0 Å². The summed E-state index contributed by atoms with van der Waals surface area (Å²) in [7, 11) is 0. The molecule has 0 bridgehead atoms.